The third-order valence-corrected chi connectivity index (χ3v) is 6.73. The van der Waals surface area contributed by atoms with Crippen molar-refractivity contribution in [2.45, 2.75) is 37.6 Å². The molecule has 1 unspecified atom stereocenters. The molecular formula is C18H27N3O4S. The van der Waals surface area contributed by atoms with Crippen molar-refractivity contribution in [2.24, 2.45) is 0 Å². The highest BCUT2D eigenvalue weighted by Crippen LogP contribution is 2.17. The normalized spacial score (nSPS) is 22.1. The van der Waals surface area contributed by atoms with Gasteiger partial charge < -0.3 is 15.4 Å². The number of piperidine rings is 1. The predicted molar refractivity (Wildman–Crippen MR) is 98.9 cm³/mol. The van der Waals surface area contributed by atoms with Crippen LogP contribution in [-0.4, -0.2) is 57.5 Å². The van der Waals surface area contributed by atoms with Gasteiger partial charge in [0.1, 0.15) is 0 Å². The third kappa shape index (κ3) is 5.03. The Hall–Kier alpha value is -1.48. The fraction of sp³-hybridized carbons (Fsp3) is 0.611. The molecular weight excluding hydrogens is 354 g/mol. The summed E-state index contributed by atoms with van der Waals surface area (Å²) < 4.78 is 32.0. The Kier molecular flexibility index (Phi) is 6.63. The van der Waals surface area contributed by atoms with Crippen molar-refractivity contribution in [3.05, 3.63) is 35.4 Å². The molecule has 0 spiro atoms. The summed E-state index contributed by atoms with van der Waals surface area (Å²) in [4.78, 5) is 12.3. The molecule has 2 aliphatic heterocycles. The molecule has 144 valence electrons. The minimum Gasteiger partial charge on any atom is -0.379 e. The minimum atomic E-state index is -3.39. The average molecular weight is 381 g/mol. The molecule has 1 amide bonds. The molecule has 3 rings (SSSR count). The fourth-order valence-electron chi connectivity index (χ4n) is 3.36. The smallest absolute Gasteiger partial charge is 0.237 e. The first kappa shape index (κ1) is 19.3. The number of nitrogens with one attached hydrogen (secondary N) is 2. The first-order chi connectivity index (χ1) is 12.6. The number of nitrogens with zero attached hydrogens (tertiary/aromatic N) is 1. The Morgan fingerprint density at radius 2 is 1.92 bits per heavy atom. The topological polar surface area (TPSA) is 87.7 Å². The van der Waals surface area contributed by atoms with Gasteiger partial charge in [-0.15, -0.1) is 0 Å². The number of amides is 1. The molecule has 2 N–H and O–H groups in total. The molecule has 1 atom stereocenters. The number of benzene rings is 1. The minimum absolute atomic E-state index is 0.0180. The monoisotopic (exact) mass is 381 g/mol. The summed E-state index contributed by atoms with van der Waals surface area (Å²) in [7, 11) is -3.39. The van der Waals surface area contributed by atoms with Gasteiger partial charge in [-0.3, -0.25) is 4.79 Å². The Bertz CT molecular complexity index is 711. The highest BCUT2D eigenvalue weighted by molar-refractivity contribution is 7.88. The molecule has 2 aliphatic rings. The second-order valence-corrected chi connectivity index (χ2v) is 8.73. The second kappa shape index (κ2) is 8.94. The average Bonchev–Trinajstić information content (AvgIpc) is 2.68. The van der Waals surface area contributed by atoms with E-state index in [-0.39, 0.29) is 17.7 Å². The molecule has 1 aromatic carbocycles. The summed E-state index contributed by atoms with van der Waals surface area (Å²) in [6.45, 7) is 2.87. The van der Waals surface area contributed by atoms with Crippen molar-refractivity contribution in [1.29, 1.82) is 0 Å². The summed E-state index contributed by atoms with van der Waals surface area (Å²) >= 11 is 0. The Balaban J connectivity index is 1.63. The molecule has 1 aromatic rings. The summed E-state index contributed by atoms with van der Waals surface area (Å²) in [5.74, 6) is -0.0729. The van der Waals surface area contributed by atoms with Gasteiger partial charge in [-0.05, 0) is 30.5 Å². The van der Waals surface area contributed by atoms with Crippen molar-refractivity contribution in [1.82, 2.24) is 14.9 Å². The van der Waals surface area contributed by atoms with Gasteiger partial charge in [-0.2, -0.15) is 4.31 Å². The van der Waals surface area contributed by atoms with Crippen LogP contribution in [0.25, 0.3) is 0 Å². The van der Waals surface area contributed by atoms with Crippen LogP contribution >= 0.6 is 0 Å². The van der Waals surface area contributed by atoms with E-state index in [9.17, 15) is 13.2 Å². The molecule has 0 saturated carbocycles. The van der Waals surface area contributed by atoms with Crippen LogP contribution in [0.15, 0.2) is 24.3 Å². The molecule has 8 heteroatoms. The zero-order chi connectivity index (χ0) is 18.4. The number of morpholine rings is 1. The lowest BCUT2D eigenvalue weighted by Gasteiger charge is -2.26. The Morgan fingerprint density at radius 3 is 2.62 bits per heavy atom. The van der Waals surface area contributed by atoms with Crippen LogP contribution in [0.5, 0.6) is 0 Å². The molecule has 0 aromatic heterocycles. The van der Waals surface area contributed by atoms with E-state index in [2.05, 4.69) is 10.6 Å². The quantitative estimate of drug-likeness (QED) is 0.754. The molecule has 0 radical (unpaired) electrons. The molecule has 2 heterocycles. The van der Waals surface area contributed by atoms with Gasteiger partial charge in [0.25, 0.3) is 0 Å². The van der Waals surface area contributed by atoms with Crippen LogP contribution in [0.2, 0.25) is 0 Å². The highest BCUT2D eigenvalue weighted by atomic mass is 32.2. The van der Waals surface area contributed by atoms with Crippen LogP contribution in [-0.2, 0) is 31.9 Å². The molecule has 7 nitrogen and oxygen atoms in total. The number of carbonyl (C=O) groups excluding carboxylic acids is 1. The maximum Gasteiger partial charge on any atom is 0.237 e. The predicted octanol–water partition coefficient (Wildman–Crippen LogP) is 0.607. The zero-order valence-corrected chi connectivity index (χ0v) is 15.8. The lowest BCUT2D eigenvalue weighted by molar-refractivity contribution is -0.123. The first-order valence-corrected chi connectivity index (χ1v) is 10.8. The van der Waals surface area contributed by atoms with Crippen LogP contribution < -0.4 is 10.6 Å². The standard InChI is InChI=1S/C18H27N3O4S/c22-18(17-7-3-4-8-19-17)20-13-15-5-1-2-6-16(15)14-26(23,24)21-9-11-25-12-10-21/h1-2,5-6,17,19H,3-4,7-14H2,(H,20,22). The Labute approximate surface area is 155 Å². The molecule has 0 aliphatic carbocycles. The molecule has 2 saturated heterocycles. The van der Waals surface area contributed by atoms with Crippen molar-refractivity contribution in [3.63, 3.8) is 0 Å². The summed E-state index contributed by atoms with van der Waals surface area (Å²) in [5.41, 5.74) is 1.57. The van der Waals surface area contributed by atoms with Crippen LogP contribution in [0.4, 0.5) is 0 Å². The fourth-order valence-corrected chi connectivity index (χ4v) is 4.93. The van der Waals surface area contributed by atoms with E-state index in [4.69, 9.17) is 4.74 Å². The number of hydrogen-bond acceptors (Lipinski definition) is 5. The van der Waals surface area contributed by atoms with Crippen LogP contribution in [0.3, 0.4) is 0 Å². The van der Waals surface area contributed by atoms with Crippen molar-refractivity contribution >= 4 is 15.9 Å². The molecule has 26 heavy (non-hydrogen) atoms. The lowest BCUT2D eigenvalue weighted by Crippen LogP contribution is -2.46. The number of rotatable bonds is 6. The van der Waals surface area contributed by atoms with E-state index < -0.39 is 10.0 Å². The van der Waals surface area contributed by atoms with E-state index in [1.807, 2.05) is 24.3 Å². The van der Waals surface area contributed by atoms with Crippen molar-refractivity contribution in [3.8, 4) is 0 Å². The zero-order valence-electron chi connectivity index (χ0n) is 14.9. The van der Waals surface area contributed by atoms with Gasteiger partial charge in [0.05, 0.1) is 25.0 Å². The van der Waals surface area contributed by atoms with Gasteiger partial charge in [0.15, 0.2) is 0 Å². The van der Waals surface area contributed by atoms with Gasteiger partial charge in [-0.1, -0.05) is 30.7 Å². The molecule has 0 bridgehead atoms. The van der Waals surface area contributed by atoms with Gasteiger partial charge >= 0.3 is 0 Å². The molecule has 2 fully saturated rings. The Morgan fingerprint density at radius 1 is 1.19 bits per heavy atom. The van der Waals surface area contributed by atoms with Crippen molar-refractivity contribution in [2.75, 3.05) is 32.8 Å². The van der Waals surface area contributed by atoms with Crippen LogP contribution in [0.1, 0.15) is 30.4 Å². The third-order valence-electron chi connectivity index (χ3n) is 4.90. The summed E-state index contributed by atoms with van der Waals surface area (Å²) in [5, 5.41) is 6.17. The van der Waals surface area contributed by atoms with E-state index in [1.54, 1.807) is 0 Å². The highest BCUT2D eigenvalue weighted by Gasteiger charge is 2.26. The maximum absolute atomic E-state index is 12.7. The number of hydrogen-bond donors (Lipinski definition) is 2. The van der Waals surface area contributed by atoms with Crippen LogP contribution in [0, 0.1) is 0 Å². The SMILES string of the molecule is O=C(NCc1ccccc1CS(=O)(=O)N1CCOCC1)C1CCCCN1. The summed E-state index contributed by atoms with van der Waals surface area (Å²) in [6.07, 6.45) is 3.00. The first-order valence-electron chi connectivity index (χ1n) is 9.20. The van der Waals surface area contributed by atoms with E-state index in [0.717, 1.165) is 36.9 Å². The second-order valence-electron chi connectivity index (χ2n) is 6.76. The largest absolute Gasteiger partial charge is 0.379 e. The van der Waals surface area contributed by atoms with Crippen molar-refractivity contribution < 1.29 is 17.9 Å². The number of sulfonamides is 1. The lowest BCUT2D eigenvalue weighted by atomic mass is 10.0. The van der Waals surface area contributed by atoms with E-state index in [1.165, 1.54) is 4.31 Å². The van der Waals surface area contributed by atoms with E-state index in [0.29, 0.717) is 32.8 Å². The van der Waals surface area contributed by atoms with E-state index >= 15 is 0 Å². The summed E-state index contributed by atoms with van der Waals surface area (Å²) in [6, 6.07) is 7.24. The van der Waals surface area contributed by atoms with Gasteiger partial charge in [0, 0.05) is 19.6 Å². The van der Waals surface area contributed by atoms with Gasteiger partial charge in [-0.25, -0.2) is 8.42 Å². The van der Waals surface area contributed by atoms with Gasteiger partial charge in [0.2, 0.25) is 15.9 Å². The maximum atomic E-state index is 12.7. The number of ether oxygens (including phenoxy) is 1. The number of carbonyl (C=O) groups is 1.